The molecule has 0 aliphatic rings. The summed E-state index contributed by atoms with van der Waals surface area (Å²) >= 11 is 5.78. The molecule has 0 aliphatic heterocycles. The van der Waals surface area contributed by atoms with Gasteiger partial charge in [0.15, 0.2) is 6.61 Å². The summed E-state index contributed by atoms with van der Waals surface area (Å²) in [6.07, 6.45) is 0. The number of benzene rings is 2. The van der Waals surface area contributed by atoms with Crippen LogP contribution in [0.2, 0.25) is 5.02 Å². The van der Waals surface area contributed by atoms with Gasteiger partial charge in [-0.1, -0.05) is 11.6 Å². The number of rotatable bonds is 6. The van der Waals surface area contributed by atoms with Crippen LogP contribution in [0.25, 0.3) is 0 Å². The van der Waals surface area contributed by atoms with Crippen molar-refractivity contribution in [1.82, 2.24) is 5.32 Å². The highest BCUT2D eigenvalue weighted by Gasteiger charge is 2.08. The molecule has 0 atom stereocenters. The van der Waals surface area contributed by atoms with Crippen LogP contribution in [0, 0.1) is 0 Å². The van der Waals surface area contributed by atoms with Crippen molar-refractivity contribution in [2.24, 2.45) is 0 Å². The van der Waals surface area contributed by atoms with Crippen LogP contribution in [0.15, 0.2) is 48.5 Å². The zero-order valence-electron chi connectivity index (χ0n) is 13.5. The van der Waals surface area contributed by atoms with E-state index in [1.165, 1.54) is 0 Å². The highest BCUT2D eigenvalue weighted by Crippen LogP contribution is 2.15. The third-order valence-electron chi connectivity index (χ3n) is 3.03. The fourth-order valence-electron chi connectivity index (χ4n) is 1.93. The van der Waals surface area contributed by atoms with Crippen molar-refractivity contribution in [3.05, 3.63) is 59.1 Å². The molecule has 2 amide bonds. The minimum atomic E-state index is -0.288. The second-order valence-electron chi connectivity index (χ2n) is 5.50. The zero-order chi connectivity index (χ0) is 17.5. The summed E-state index contributed by atoms with van der Waals surface area (Å²) in [7, 11) is 0. The first-order valence-electron chi connectivity index (χ1n) is 7.53. The van der Waals surface area contributed by atoms with Gasteiger partial charge in [0.1, 0.15) is 5.75 Å². The Hall–Kier alpha value is -2.53. The standard InChI is InChI=1S/C18H19ClN2O3/c1-12(2)20-18(23)13-3-7-15(8-4-13)21-17(22)11-24-16-9-5-14(19)6-10-16/h3-10,12H,11H2,1-2H3,(H,20,23)(H,21,22). The second-order valence-corrected chi connectivity index (χ2v) is 5.93. The molecule has 0 heterocycles. The van der Waals surface area contributed by atoms with E-state index in [1.54, 1.807) is 48.5 Å². The van der Waals surface area contributed by atoms with E-state index < -0.39 is 0 Å². The predicted molar refractivity (Wildman–Crippen MR) is 94.6 cm³/mol. The third-order valence-corrected chi connectivity index (χ3v) is 3.29. The van der Waals surface area contributed by atoms with Gasteiger partial charge in [-0.3, -0.25) is 9.59 Å². The van der Waals surface area contributed by atoms with Crippen molar-refractivity contribution in [3.8, 4) is 5.75 Å². The third kappa shape index (κ3) is 5.59. The lowest BCUT2D eigenvalue weighted by atomic mass is 10.2. The van der Waals surface area contributed by atoms with E-state index in [1.807, 2.05) is 13.8 Å². The van der Waals surface area contributed by atoms with Crippen LogP contribution in [0.5, 0.6) is 5.75 Å². The van der Waals surface area contributed by atoms with Crippen molar-refractivity contribution in [2.75, 3.05) is 11.9 Å². The molecule has 0 bridgehead atoms. The van der Waals surface area contributed by atoms with Gasteiger partial charge in [0.2, 0.25) is 0 Å². The first-order chi connectivity index (χ1) is 11.4. The first-order valence-corrected chi connectivity index (χ1v) is 7.91. The van der Waals surface area contributed by atoms with Crippen molar-refractivity contribution in [3.63, 3.8) is 0 Å². The number of carbonyl (C=O) groups is 2. The summed E-state index contributed by atoms with van der Waals surface area (Å²) in [4.78, 5) is 23.7. The van der Waals surface area contributed by atoms with Gasteiger partial charge in [-0.2, -0.15) is 0 Å². The summed E-state index contributed by atoms with van der Waals surface area (Å²) in [6, 6.07) is 13.5. The summed E-state index contributed by atoms with van der Waals surface area (Å²) in [5, 5.41) is 6.12. The topological polar surface area (TPSA) is 67.4 Å². The lowest BCUT2D eigenvalue weighted by Gasteiger charge is -2.10. The Balaban J connectivity index is 1.85. The highest BCUT2D eigenvalue weighted by atomic mass is 35.5. The molecule has 2 aromatic carbocycles. The van der Waals surface area contributed by atoms with E-state index in [-0.39, 0.29) is 24.5 Å². The molecule has 0 saturated heterocycles. The van der Waals surface area contributed by atoms with Crippen LogP contribution in [0.1, 0.15) is 24.2 Å². The number of hydrogen-bond acceptors (Lipinski definition) is 3. The maximum absolute atomic E-state index is 11.9. The molecule has 24 heavy (non-hydrogen) atoms. The van der Waals surface area contributed by atoms with Gasteiger partial charge < -0.3 is 15.4 Å². The number of nitrogens with one attached hydrogen (secondary N) is 2. The van der Waals surface area contributed by atoms with E-state index in [0.717, 1.165) is 0 Å². The summed E-state index contributed by atoms with van der Waals surface area (Å²) in [6.45, 7) is 3.68. The largest absolute Gasteiger partial charge is 0.484 e. The Kier molecular flexibility index (Phi) is 6.21. The van der Waals surface area contributed by atoms with Crippen LogP contribution < -0.4 is 15.4 Å². The van der Waals surface area contributed by atoms with Gasteiger partial charge in [0.05, 0.1) is 0 Å². The van der Waals surface area contributed by atoms with E-state index in [4.69, 9.17) is 16.3 Å². The molecule has 0 fully saturated rings. The van der Waals surface area contributed by atoms with Crippen molar-refractivity contribution >= 4 is 29.1 Å². The molecule has 0 saturated carbocycles. The maximum atomic E-state index is 11.9. The molecular weight excluding hydrogens is 328 g/mol. The highest BCUT2D eigenvalue weighted by molar-refractivity contribution is 6.30. The Morgan fingerprint density at radius 2 is 1.67 bits per heavy atom. The molecular formula is C18H19ClN2O3. The summed E-state index contributed by atoms with van der Waals surface area (Å²) < 4.78 is 5.37. The molecule has 0 aliphatic carbocycles. The number of anilines is 1. The molecule has 2 aromatic rings. The Labute approximate surface area is 146 Å². The Morgan fingerprint density at radius 1 is 1.04 bits per heavy atom. The first kappa shape index (κ1) is 17.8. The smallest absolute Gasteiger partial charge is 0.262 e. The molecule has 0 radical (unpaired) electrons. The molecule has 5 nitrogen and oxygen atoms in total. The second kappa shape index (κ2) is 8.36. The monoisotopic (exact) mass is 346 g/mol. The fourth-order valence-corrected chi connectivity index (χ4v) is 2.05. The van der Waals surface area contributed by atoms with E-state index in [2.05, 4.69) is 10.6 Å². The van der Waals surface area contributed by atoms with Gasteiger partial charge >= 0.3 is 0 Å². The van der Waals surface area contributed by atoms with E-state index >= 15 is 0 Å². The molecule has 0 spiro atoms. The minimum Gasteiger partial charge on any atom is -0.484 e. The molecule has 6 heteroatoms. The van der Waals surface area contributed by atoms with Crippen molar-refractivity contribution in [2.45, 2.75) is 19.9 Å². The lowest BCUT2D eigenvalue weighted by Crippen LogP contribution is -2.30. The molecule has 2 N–H and O–H groups in total. The average Bonchev–Trinajstić information content (AvgIpc) is 2.54. The van der Waals surface area contributed by atoms with Gasteiger partial charge in [0, 0.05) is 22.3 Å². The minimum absolute atomic E-state index is 0.0712. The molecule has 0 unspecified atom stereocenters. The molecule has 0 aromatic heterocycles. The van der Waals surface area contributed by atoms with Crippen molar-refractivity contribution < 1.29 is 14.3 Å². The molecule has 2 rings (SSSR count). The average molecular weight is 347 g/mol. The summed E-state index contributed by atoms with van der Waals surface area (Å²) in [5.74, 6) is 0.133. The van der Waals surface area contributed by atoms with Gasteiger partial charge in [-0.05, 0) is 62.4 Å². The number of carbonyl (C=O) groups excluding carboxylic acids is 2. The van der Waals surface area contributed by atoms with Crippen LogP contribution in [-0.4, -0.2) is 24.5 Å². The van der Waals surface area contributed by atoms with Crippen LogP contribution in [-0.2, 0) is 4.79 Å². The van der Waals surface area contributed by atoms with Crippen LogP contribution >= 0.6 is 11.6 Å². The van der Waals surface area contributed by atoms with E-state index in [9.17, 15) is 9.59 Å². The number of halogens is 1. The quantitative estimate of drug-likeness (QED) is 0.841. The van der Waals surface area contributed by atoms with Crippen LogP contribution in [0.3, 0.4) is 0 Å². The maximum Gasteiger partial charge on any atom is 0.262 e. The Morgan fingerprint density at radius 3 is 2.25 bits per heavy atom. The number of amides is 2. The number of hydrogen-bond donors (Lipinski definition) is 2. The predicted octanol–water partition coefficient (Wildman–Crippen LogP) is 3.50. The normalized spacial score (nSPS) is 10.3. The van der Waals surface area contributed by atoms with E-state index in [0.29, 0.717) is 22.0 Å². The zero-order valence-corrected chi connectivity index (χ0v) is 14.3. The fraction of sp³-hybridized carbons (Fsp3) is 0.222. The number of ether oxygens (including phenoxy) is 1. The SMILES string of the molecule is CC(C)NC(=O)c1ccc(NC(=O)COc2ccc(Cl)cc2)cc1. The van der Waals surface area contributed by atoms with Gasteiger partial charge in [-0.25, -0.2) is 0 Å². The van der Waals surface area contributed by atoms with Gasteiger partial charge in [-0.15, -0.1) is 0 Å². The lowest BCUT2D eigenvalue weighted by molar-refractivity contribution is -0.118. The van der Waals surface area contributed by atoms with Crippen LogP contribution in [0.4, 0.5) is 5.69 Å². The van der Waals surface area contributed by atoms with Gasteiger partial charge in [0.25, 0.3) is 11.8 Å². The van der Waals surface area contributed by atoms with Crippen molar-refractivity contribution in [1.29, 1.82) is 0 Å². The Bertz CT molecular complexity index is 697. The summed E-state index contributed by atoms with van der Waals surface area (Å²) in [5.41, 5.74) is 1.14. The molecule has 126 valence electrons.